The number of hydrogen-bond donors (Lipinski definition) is 2. The van der Waals surface area contributed by atoms with Gasteiger partial charge in [0.1, 0.15) is 17.7 Å². The number of carbonyl (C=O) groups excluding carboxylic acids is 3. The Morgan fingerprint density at radius 2 is 1.65 bits per heavy atom. The monoisotopic (exact) mass is 433 g/mol. The molecule has 0 spiro atoms. The summed E-state index contributed by atoms with van der Waals surface area (Å²) in [6, 6.07) is 4.14. The second-order valence-electron chi connectivity index (χ2n) is 9.99. The summed E-state index contributed by atoms with van der Waals surface area (Å²) >= 11 is 0. The number of amides is 3. The molecule has 0 aromatic heterocycles. The Bertz CT molecular complexity index is 806. The molecule has 2 N–H and O–H groups in total. The first-order valence-electron chi connectivity index (χ1n) is 10.7. The van der Waals surface area contributed by atoms with Crippen molar-refractivity contribution < 1.29 is 19.1 Å². The summed E-state index contributed by atoms with van der Waals surface area (Å²) in [5.41, 5.74) is 1.62. The van der Waals surface area contributed by atoms with Gasteiger partial charge < -0.3 is 20.3 Å². The zero-order valence-corrected chi connectivity index (χ0v) is 20.7. The van der Waals surface area contributed by atoms with Gasteiger partial charge in [-0.15, -0.1) is 0 Å². The predicted molar refractivity (Wildman–Crippen MR) is 123 cm³/mol. The van der Waals surface area contributed by atoms with E-state index in [0.717, 1.165) is 16.7 Å². The molecule has 1 rings (SSSR count). The largest absolute Gasteiger partial charge is 0.444 e. The first-order valence-corrected chi connectivity index (χ1v) is 10.7. The van der Waals surface area contributed by atoms with Gasteiger partial charge in [-0.3, -0.25) is 9.59 Å². The van der Waals surface area contributed by atoms with Gasteiger partial charge in [0.15, 0.2) is 0 Å². The quantitative estimate of drug-likeness (QED) is 0.709. The molecule has 7 nitrogen and oxygen atoms in total. The fourth-order valence-corrected chi connectivity index (χ4v) is 3.28. The van der Waals surface area contributed by atoms with Crippen LogP contribution in [0.5, 0.6) is 0 Å². The van der Waals surface area contributed by atoms with Crippen LogP contribution in [0.1, 0.15) is 78.1 Å². The molecule has 0 saturated carbocycles. The highest BCUT2D eigenvalue weighted by atomic mass is 16.6. The predicted octanol–water partition coefficient (Wildman–Crippen LogP) is 4.02. The molecule has 0 aliphatic heterocycles. The van der Waals surface area contributed by atoms with Crippen LogP contribution in [0.2, 0.25) is 0 Å². The van der Waals surface area contributed by atoms with Crippen molar-refractivity contribution in [3.63, 3.8) is 0 Å². The van der Waals surface area contributed by atoms with Crippen molar-refractivity contribution in [1.29, 1.82) is 0 Å². The molecule has 174 valence electrons. The smallest absolute Gasteiger partial charge is 0.408 e. The maximum atomic E-state index is 13.3. The first-order chi connectivity index (χ1) is 14.1. The van der Waals surface area contributed by atoms with Gasteiger partial charge in [0, 0.05) is 12.1 Å². The number of likely N-dealkylation sites (N-methyl/N-ethyl adjacent to an activating group) is 1. The van der Waals surface area contributed by atoms with Crippen LogP contribution < -0.4 is 10.6 Å². The third-order valence-corrected chi connectivity index (χ3v) is 4.51. The molecule has 2 unspecified atom stereocenters. The standard InChI is InChI=1S/C24H39N3O4/c1-11-27(21(29)17(4)25-22(30)31-24(8,9)10)19(20(28)26-23(5,6)7)18-13-12-15(2)14-16(18)3/h12-14,17,19H,11H2,1-10H3,(H,25,30)(H,26,28). The minimum atomic E-state index is -0.856. The molecule has 0 aliphatic rings. The molecular weight excluding hydrogens is 394 g/mol. The summed E-state index contributed by atoms with van der Waals surface area (Å²) in [4.78, 5) is 40.3. The molecule has 2 atom stereocenters. The Morgan fingerprint density at radius 1 is 1.06 bits per heavy atom. The summed E-state index contributed by atoms with van der Waals surface area (Å²) in [6.45, 7) is 18.6. The number of nitrogens with one attached hydrogen (secondary N) is 2. The normalized spacial score (nSPS) is 13.7. The van der Waals surface area contributed by atoms with Crippen LogP contribution >= 0.6 is 0 Å². The number of carbonyl (C=O) groups is 3. The lowest BCUT2D eigenvalue weighted by atomic mass is 9.95. The van der Waals surface area contributed by atoms with Gasteiger partial charge in [0.2, 0.25) is 11.8 Å². The molecule has 7 heteroatoms. The topological polar surface area (TPSA) is 87.7 Å². The van der Waals surface area contributed by atoms with Crippen LogP contribution in [-0.4, -0.2) is 46.5 Å². The van der Waals surface area contributed by atoms with Crippen LogP contribution in [0.3, 0.4) is 0 Å². The Morgan fingerprint density at radius 3 is 2.10 bits per heavy atom. The van der Waals surface area contributed by atoms with Crippen molar-refractivity contribution in [3.05, 3.63) is 34.9 Å². The number of alkyl carbamates (subject to hydrolysis) is 1. The molecule has 1 aromatic carbocycles. The molecule has 0 bridgehead atoms. The highest BCUT2D eigenvalue weighted by molar-refractivity contribution is 5.92. The van der Waals surface area contributed by atoms with E-state index in [1.54, 1.807) is 27.7 Å². The third kappa shape index (κ3) is 8.23. The van der Waals surface area contributed by atoms with E-state index in [2.05, 4.69) is 10.6 Å². The van der Waals surface area contributed by atoms with E-state index in [-0.39, 0.29) is 11.8 Å². The van der Waals surface area contributed by atoms with Gasteiger partial charge in [0.05, 0.1) is 0 Å². The second kappa shape index (κ2) is 10.2. The number of nitrogens with zero attached hydrogens (tertiary/aromatic N) is 1. The first kappa shape index (κ1) is 26.5. The highest BCUT2D eigenvalue weighted by Crippen LogP contribution is 2.27. The lowest BCUT2D eigenvalue weighted by Crippen LogP contribution is -2.53. The fourth-order valence-electron chi connectivity index (χ4n) is 3.28. The van der Waals surface area contributed by atoms with Crippen molar-refractivity contribution in [1.82, 2.24) is 15.5 Å². The lowest BCUT2D eigenvalue weighted by Gasteiger charge is -2.35. The van der Waals surface area contributed by atoms with Crippen molar-refractivity contribution in [2.75, 3.05) is 6.54 Å². The average Bonchev–Trinajstić information content (AvgIpc) is 2.56. The minimum absolute atomic E-state index is 0.265. The highest BCUT2D eigenvalue weighted by Gasteiger charge is 2.35. The Labute approximate surface area is 186 Å². The van der Waals surface area contributed by atoms with Crippen molar-refractivity contribution >= 4 is 17.9 Å². The zero-order chi connectivity index (χ0) is 24.1. The van der Waals surface area contributed by atoms with Crippen molar-refractivity contribution in [2.45, 2.75) is 92.5 Å². The SMILES string of the molecule is CCN(C(=O)C(C)NC(=O)OC(C)(C)C)C(C(=O)NC(C)(C)C)c1ccc(C)cc1C. The van der Waals surface area contributed by atoms with E-state index < -0.39 is 29.3 Å². The summed E-state index contributed by atoms with van der Waals surface area (Å²) in [6.07, 6.45) is -0.674. The summed E-state index contributed by atoms with van der Waals surface area (Å²) in [7, 11) is 0. The minimum Gasteiger partial charge on any atom is -0.444 e. The van der Waals surface area contributed by atoms with Crippen LogP contribution in [0.25, 0.3) is 0 Å². The molecular formula is C24H39N3O4. The molecule has 0 fully saturated rings. The van der Waals surface area contributed by atoms with E-state index in [0.29, 0.717) is 6.54 Å². The molecule has 1 aromatic rings. The molecule has 0 heterocycles. The van der Waals surface area contributed by atoms with Crippen LogP contribution in [0.4, 0.5) is 4.79 Å². The number of aryl methyl sites for hydroxylation is 2. The Kier molecular flexibility index (Phi) is 8.67. The van der Waals surface area contributed by atoms with Gasteiger partial charge in [-0.25, -0.2) is 4.79 Å². The van der Waals surface area contributed by atoms with Crippen molar-refractivity contribution in [2.24, 2.45) is 0 Å². The molecule has 0 radical (unpaired) electrons. The number of rotatable bonds is 6. The molecule has 3 amide bonds. The van der Waals surface area contributed by atoms with Crippen LogP contribution in [0.15, 0.2) is 18.2 Å². The van der Waals surface area contributed by atoms with E-state index in [1.807, 2.05) is 59.7 Å². The van der Waals surface area contributed by atoms with E-state index in [1.165, 1.54) is 4.90 Å². The van der Waals surface area contributed by atoms with Crippen LogP contribution in [-0.2, 0) is 14.3 Å². The maximum absolute atomic E-state index is 13.3. The van der Waals surface area contributed by atoms with E-state index in [9.17, 15) is 14.4 Å². The van der Waals surface area contributed by atoms with Crippen molar-refractivity contribution in [3.8, 4) is 0 Å². The second-order valence-corrected chi connectivity index (χ2v) is 9.99. The maximum Gasteiger partial charge on any atom is 0.408 e. The van der Waals surface area contributed by atoms with E-state index >= 15 is 0 Å². The van der Waals surface area contributed by atoms with Crippen LogP contribution in [0, 0.1) is 13.8 Å². The molecule has 31 heavy (non-hydrogen) atoms. The van der Waals surface area contributed by atoms with Gasteiger partial charge in [-0.05, 0) is 80.4 Å². The summed E-state index contributed by atoms with van der Waals surface area (Å²) < 4.78 is 5.26. The lowest BCUT2D eigenvalue weighted by molar-refractivity contribution is -0.142. The average molecular weight is 434 g/mol. The third-order valence-electron chi connectivity index (χ3n) is 4.51. The fraction of sp³-hybridized carbons (Fsp3) is 0.625. The number of ether oxygens (including phenoxy) is 1. The summed E-state index contributed by atoms with van der Waals surface area (Å²) in [5, 5.41) is 5.58. The summed E-state index contributed by atoms with van der Waals surface area (Å²) in [5.74, 6) is -0.624. The number of hydrogen-bond acceptors (Lipinski definition) is 4. The Balaban J connectivity index is 3.28. The van der Waals surface area contributed by atoms with Gasteiger partial charge in [0.25, 0.3) is 0 Å². The molecule has 0 aliphatic carbocycles. The molecule has 0 saturated heterocycles. The zero-order valence-electron chi connectivity index (χ0n) is 20.7. The van der Waals surface area contributed by atoms with Gasteiger partial charge >= 0.3 is 6.09 Å². The van der Waals surface area contributed by atoms with Gasteiger partial charge in [-0.1, -0.05) is 23.8 Å². The number of benzene rings is 1. The van der Waals surface area contributed by atoms with E-state index in [4.69, 9.17) is 4.74 Å². The Hall–Kier alpha value is -2.57. The van der Waals surface area contributed by atoms with Gasteiger partial charge in [-0.2, -0.15) is 0 Å².